The highest BCUT2D eigenvalue weighted by molar-refractivity contribution is 6.37. The number of fused-ring (bicyclic) bond motifs is 2. The van der Waals surface area contributed by atoms with E-state index >= 15 is 0 Å². The van der Waals surface area contributed by atoms with Crippen LogP contribution in [0.15, 0.2) is 76.9 Å². The van der Waals surface area contributed by atoms with E-state index in [2.05, 4.69) is 0 Å². The first-order chi connectivity index (χ1) is 15.0. The third kappa shape index (κ3) is 3.58. The van der Waals surface area contributed by atoms with Crippen molar-refractivity contribution in [1.82, 2.24) is 0 Å². The van der Waals surface area contributed by atoms with Crippen molar-refractivity contribution in [3.63, 3.8) is 0 Å². The van der Waals surface area contributed by atoms with E-state index in [4.69, 9.17) is 37.1 Å². The topological polar surface area (TPSA) is 65.7 Å². The second-order valence-corrected chi connectivity index (χ2v) is 7.59. The van der Waals surface area contributed by atoms with Crippen LogP contribution in [-0.2, 0) is 0 Å². The molecular formula is C24H12Cl2O5. The Kier molecular flexibility index (Phi) is 4.77. The molecule has 0 aliphatic carbocycles. The predicted molar refractivity (Wildman–Crippen MR) is 117 cm³/mol. The van der Waals surface area contributed by atoms with Crippen LogP contribution in [0.1, 0.15) is 26.5 Å². The number of hydrogen-bond donors (Lipinski definition) is 0. The molecule has 0 unspecified atom stereocenters. The highest BCUT2D eigenvalue weighted by Crippen LogP contribution is 2.36. The molecule has 0 atom stereocenters. The predicted octanol–water partition coefficient (Wildman–Crippen LogP) is 6.58. The van der Waals surface area contributed by atoms with Crippen LogP contribution in [0, 0.1) is 0 Å². The molecule has 5 rings (SSSR count). The highest BCUT2D eigenvalue weighted by Gasteiger charge is 2.29. The third-order valence-corrected chi connectivity index (χ3v) is 5.41. The smallest absolute Gasteiger partial charge is 0.379 e. The van der Waals surface area contributed by atoms with E-state index in [1.165, 1.54) is 24.3 Å². The van der Waals surface area contributed by atoms with Gasteiger partial charge in [0.05, 0.1) is 5.56 Å². The van der Waals surface area contributed by atoms with Crippen LogP contribution in [0.2, 0.25) is 10.0 Å². The van der Waals surface area contributed by atoms with Crippen molar-refractivity contribution in [2.75, 3.05) is 0 Å². The summed E-state index contributed by atoms with van der Waals surface area (Å²) in [7, 11) is 0. The van der Waals surface area contributed by atoms with Crippen molar-refractivity contribution >= 4 is 52.0 Å². The Balaban J connectivity index is 1.40. The molecule has 0 N–H and O–H groups in total. The normalized spacial score (nSPS) is 14.0. The summed E-state index contributed by atoms with van der Waals surface area (Å²) in [6.45, 7) is 0. The van der Waals surface area contributed by atoms with Gasteiger partial charge in [-0.2, -0.15) is 0 Å². The summed E-state index contributed by atoms with van der Waals surface area (Å²) < 4.78 is 16.6. The van der Waals surface area contributed by atoms with E-state index in [0.717, 1.165) is 5.39 Å². The first-order valence-electron chi connectivity index (χ1n) is 9.23. The minimum absolute atomic E-state index is 0.0748. The van der Waals surface area contributed by atoms with E-state index in [1.54, 1.807) is 30.3 Å². The molecule has 152 valence electrons. The number of rotatable bonds is 3. The van der Waals surface area contributed by atoms with Crippen molar-refractivity contribution in [3.05, 3.63) is 99.4 Å². The Bertz CT molecular complexity index is 1350. The number of ether oxygens (including phenoxy) is 2. The highest BCUT2D eigenvalue weighted by atomic mass is 35.5. The zero-order chi connectivity index (χ0) is 21.5. The number of ketones is 1. The molecule has 2 heterocycles. The largest absolute Gasteiger partial charge is 0.452 e. The Morgan fingerprint density at radius 1 is 0.935 bits per heavy atom. The van der Waals surface area contributed by atoms with E-state index < -0.39 is 5.97 Å². The lowest BCUT2D eigenvalue weighted by Gasteiger charge is -2.04. The van der Waals surface area contributed by atoms with Crippen LogP contribution in [0.5, 0.6) is 11.5 Å². The van der Waals surface area contributed by atoms with Crippen LogP contribution in [0.4, 0.5) is 0 Å². The number of Topliss-reactive ketones (excluding diaryl/α,β-unsaturated/α-hetero) is 1. The maximum absolute atomic E-state index is 12.7. The van der Waals surface area contributed by atoms with Gasteiger partial charge in [0.25, 0.3) is 0 Å². The standard InChI is InChI=1S/C24H12Cl2O5/c25-17-5-3-6-18(26)16(17)12-21-23(27)15-9-8-14(11-20(15)31-21)29-24(28)22-10-13-4-1-2-7-19(13)30-22/h1-12H/b21-12-. The quantitative estimate of drug-likeness (QED) is 0.200. The monoisotopic (exact) mass is 450 g/mol. The van der Waals surface area contributed by atoms with Crippen LogP contribution in [-0.4, -0.2) is 11.8 Å². The zero-order valence-electron chi connectivity index (χ0n) is 15.7. The van der Waals surface area contributed by atoms with Gasteiger partial charge in [0.15, 0.2) is 5.76 Å². The van der Waals surface area contributed by atoms with Crippen LogP contribution in [0.3, 0.4) is 0 Å². The summed E-state index contributed by atoms with van der Waals surface area (Å²) in [5.74, 6) is -0.331. The summed E-state index contributed by atoms with van der Waals surface area (Å²) in [5.41, 5.74) is 1.42. The molecule has 4 aromatic rings. The van der Waals surface area contributed by atoms with Crippen LogP contribution >= 0.6 is 23.2 Å². The molecule has 0 saturated heterocycles. The summed E-state index contributed by atoms with van der Waals surface area (Å²) >= 11 is 12.3. The van der Waals surface area contributed by atoms with Crippen molar-refractivity contribution in [3.8, 4) is 11.5 Å². The van der Waals surface area contributed by atoms with Gasteiger partial charge in [-0.15, -0.1) is 0 Å². The fraction of sp³-hybridized carbons (Fsp3) is 0. The van der Waals surface area contributed by atoms with Gasteiger partial charge in [-0.05, 0) is 42.5 Å². The van der Waals surface area contributed by atoms with Crippen molar-refractivity contribution in [1.29, 1.82) is 0 Å². The van der Waals surface area contributed by atoms with Gasteiger partial charge >= 0.3 is 5.97 Å². The number of carbonyl (C=O) groups is 2. The molecule has 0 amide bonds. The molecule has 0 bridgehead atoms. The average molecular weight is 451 g/mol. The zero-order valence-corrected chi connectivity index (χ0v) is 17.2. The molecule has 0 saturated carbocycles. The third-order valence-electron chi connectivity index (χ3n) is 4.75. The number of hydrogen-bond acceptors (Lipinski definition) is 5. The Morgan fingerprint density at radius 3 is 2.48 bits per heavy atom. The SMILES string of the molecule is O=C(Oc1ccc2c(c1)O/C(=C\c1c(Cl)cccc1Cl)C2=O)c1cc2ccccc2o1. The molecule has 5 nitrogen and oxygen atoms in total. The first-order valence-corrected chi connectivity index (χ1v) is 9.98. The number of para-hydroxylation sites is 1. The number of esters is 1. The Morgan fingerprint density at radius 2 is 1.71 bits per heavy atom. The minimum Gasteiger partial charge on any atom is -0.452 e. The van der Waals surface area contributed by atoms with Crippen LogP contribution < -0.4 is 9.47 Å². The summed E-state index contributed by atoms with van der Waals surface area (Å²) in [5, 5.41) is 1.59. The van der Waals surface area contributed by atoms with Gasteiger partial charge in [0, 0.05) is 27.1 Å². The molecule has 0 spiro atoms. The van der Waals surface area contributed by atoms with Gasteiger partial charge in [-0.3, -0.25) is 4.79 Å². The Labute approximate surface area is 186 Å². The summed E-state index contributed by atoms with van der Waals surface area (Å²) in [6, 6.07) is 18.5. The molecule has 1 aliphatic heterocycles. The lowest BCUT2D eigenvalue weighted by atomic mass is 10.1. The van der Waals surface area contributed by atoms with Gasteiger partial charge in [0.1, 0.15) is 17.1 Å². The summed E-state index contributed by atoms with van der Waals surface area (Å²) in [6.07, 6.45) is 1.49. The van der Waals surface area contributed by atoms with Crippen molar-refractivity contribution in [2.45, 2.75) is 0 Å². The van der Waals surface area contributed by atoms with E-state index in [-0.39, 0.29) is 28.8 Å². The second-order valence-electron chi connectivity index (χ2n) is 6.77. The molecule has 7 heteroatoms. The minimum atomic E-state index is -0.654. The lowest BCUT2D eigenvalue weighted by molar-refractivity contribution is 0.0703. The fourth-order valence-corrected chi connectivity index (χ4v) is 3.76. The first kappa shape index (κ1) is 19.4. The molecule has 3 aromatic carbocycles. The molecule has 0 radical (unpaired) electrons. The molecule has 31 heavy (non-hydrogen) atoms. The van der Waals surface area contributed by atoms with E-state index in [1.807, 2.05) is 18.2 Å². The van der Waals surface area contributed by atoms with Gasteiger partial charge in [-0.25, -0.2) is 4.79 Å². The second kappa shape index (κ2) is 7.61. The number of furan rings is 1. The fourth-order valence-electron chi connectivity index (χ4n) is 3.25. The van der Waals surface area contributed by atoms with E-state index in [0.29, 0.717) is 26.8 Å². The maximum Gasteiger partial charge on any atom is 0.379 e. The summed E-state index contributed by atoms with van der Waals surface area (Å²) in [4.78, 5) is 25.1. The van der Waals surface area contributed by atoms with Crippen molar-refractivity contribution in [2.24, 2.45) is 0 Å². The van der Waals surface area contributed by atoms with Gasteiger partial charge in [-0.1, -0.05) is 47.5 Å². The lowest BCUT2D eigenvalue weighted by Crippen LogP contribution is -2.07. The van der Waals surface area contributed by atoms with Crippen molar-refractivity contribution < 1.29 is 23.5 Å². The molecule has 1 aliphatic rings. The Hall–Kier alpha value is -3.54. The van der Waals surface area contributed by atoms with Gasteiger partial charge in [0.2, 0.25) is 11.5 Å². The average Bonchev–Trinajstić information content (AvgIpc) is 3.32. The van der Waals surface area contributed by atoms with Gasteiger partial charge < -0.3 is 13.9 Å². The number of benzene rings is 3. The van der Waals surface area contributed by atoms with Crippen LogP contribution in [0.25, 0.3) is 17.0 Å². The molecule has 1 aromatic heterocycles. The number of carbonyl (C=O) groups excluding carboxylic acids is 2. The number of halogens is 2. The van der Waals surface area contributed by atoms with E-state index in [9.17, 15) is 9.59 Å². The maximum atomic E-state index is 12.7. The number of allylic oxidation sites excluding steroid dienone is 1. The molecule has 0 fully saturated rings. The molecular weight excluding hydrogens is 439 g/mol.